The summed E-state index contributed by atoms with van der Waals surface area (Å²) in [5.74, 6) is 0.547. The molecule has 1 amide bonds. The predicted molar refractivity (Wildman–Crippen MR) is 73.3 cm³/mol. The van der Waals surface area contributed by atoms with Crippen LogP contribution >= 0.6 is 0 Å². The second-order valence-corrected chi connectivity index (χ2v) is 5.71. The molecule has 2 rings (SSSR count). The van der Waals surface area contributed by atoms with Gasteiger partial charge in [0.1, 0.15) is 11.3 Å². The van der Waals surface area contributed by atoms with Crippen molar-refractivity contribution in [1.82, 2.24) is 4.90 Å². The molecule has 1 aliphatic heterocycles. The van der Waals surface area contributed by atoms with Gasteiger partial charge in [-0.1, -0.05) is 13.8 Å². The molecule has 0 bridgehead atoms. The lowest BCUT2D eigenvalue weighted by atomic mass is 9.89. The van der Waals surface area contributed by atoms with Crippen molar-refractivity contribution < 1.29 is 19.1 Å². The van der Waals surface area contributed by atoms with Crippen LogP contribution in [0.3, 0.4) is 0 Å². The van der Waals surface area contributed by atoms with Crippen molar-refractivity contribution in [3.63, 3.8) is 0 Å². The monoisotopic (exact) mass is 279 g/mol. The highest BCUT2D eigenvalue weighted by Crippen LogP contribution is 2.26. The first kappa shape index (κ1) is 14.6. The molecular weight excluding hydrogens is 258 g/mol. The molecule has 0 spiro atoms. The van der Waals surface area contributed by atoms with Crippen molar-refractivity contribution in [2.75, 3.05) is 6.54 Å². The lowest BCUT2D eigenvalue weighted by Crippen LogP contribution is -2.30. The van der Waals surface area contributed by atoms with E-state index in [0.29, 0.717) is 30.6 Å². The summed E-state index contributed by atoms with van der Waals surface area (Å²) in [6, 6.07) is 1.43. The minimum absolute atomic E-state index is 0.0842. The molecule has 1 aliphatic rings. The quantitative estimate of drug-likeness (QED) is 0.920. The second kappa shape index (κ2) is 6.11. The van der Waals surface area contributed by atoms with E-state index in [1.807, 2.05) is 0 Å². The molecule has 1 aromatic heterocycles. The number of rotatable bonds is 4. The first-order valence-corrected chi connectivity index (χ1v) is 7.06. The summed E-state index contributed by atoms with van der Waals surface area (Å²) in [5.41, 5.74) is 0.141. The number of carboxylic acids is 1. The summed E-state index contributed by atoms with van der Waals surface area (Å²) in [6.45, 7) is 5.28. The van der Waals surface area contributed by atoms with E-state index in [4.69, 9.17) is 9.52 Å². The van der Waals surface area contributed by atoms with Gasteiger partial charge in [0.15, 0.2) is 0 Å². The number of nitrogens with zero attached hydrogens (tertiary/aromatic N) is 1. The third-order valence-electron chi connectivity index (χ3n) is 4.10. The number of aromatic carboxylic acids is 1. The number of hydrogen-bond acceptors (Lipinski definition) is 3. The van der Waals surface area contributed by atoms with Gasteiger partial charge in [-0.25, -0.2) is 4.79 Å². The van der Waals surface area contributed by atoms with Crippen LogP contribution in [0.5, 0.6) is 0 Å². The molecular formula is C15H21NO4. The van der Waals surface area contributed by atoms with Crippen molar-refractivity contribution in [1.29, 1.82) is 0 Å². The van der Waals surface area contributed by atoms with Crippen LogP contribution in [0, 0.1) is 11.8 Å². The van der Waals surface area contributed by atoms with E-state index >= 15 is 0 Å². The Labute approximate surface area is 118 Å². The third kappa shape index (κ3) is 3.21. The zero-order valence-corrected chi connectivity index (χ0v) is 12.0. The molecule has 0 aromatic carbocycles. The Hall–Kier alpha value is -1.78. The summed E-state index contributed by atoms with van der Waals surface area (Å²) in [4.78, 5) is 24.9. The van der Waals surface area contributed by atoms with Crippen LogP contribution in [-0.2, 0) is 11.3 Å². The number of carbonyl (C=O) groups is 2. The van der Waals surface area contributed by atoms with Gasteiger partial charge in [0.05, 0.1) is 12.8 Å². The second-order valence-electron chi connectivity index (χ2n) is 5.71. The average molecular weight is 279 g/mol. The molecule has 1 N–H and O–H groups in total. The lowest BCUT2D eigenvalue weighted by Gasteiger charge is -2.21. The molecule has 1 aromatic rings. The third-order valence-corrected chi connectivity index (χ3v) is 4.10. The molecule has 0 aliphatic carbocycles. The van der Waals surface area contributed by atoms with Gasteiger partial charge in [-0.05, 0) is 30.7 Å². The Bertz CT molecular complexity index is 492. The first-order valence-electron chi connectivity index (χ1n) is 7.06. The van der Waals surface area contributed by atoms with Crippen LogP contribution in [0.2, 0.25) is 0 Å². The molecule has 5 nitrogen and oxygen atoms in total. The zero-order chi connectivity index (χ0) is 14.7. The lowest BCUT2D eigenvalue weighted by molar-refractivity contribution is -0.131. The molecule has 0 radical (unpaired) electrons. The van der Waals surface area contributed by atoms with E-state index in [0.717, 1.165) is 12.8 Å². The van der Waals surface area contributed by atoms with E-state index in [-0.39, 0.29) is 18.0 Å². The van der Waals surface area contributed by atoms with Crippen molar-refractivity contribution in [2.45, 2.75) is 39.7 Å². The number of carboxylic acid groups (broad SMARTS) is 1. The Morgan fingerprint density at radius 2 is 2.25 bits per heavy atom. The number of carbonyl (C=O) groups excluding carboxylic acids is 1. The fraction of sp³-hybridized carbons (Fsp3) is 0.600. The number of furan rings is 1. The largest absolute Gasteiger partial charge is 0.478 e. The van der Waals surface area contributed by atoms with Crippen molar-refractivity contribution in [3.05, 3.63) is 23.7 Å². The van der Waals surface area contributed by atoms with Crippen LogP contribution in [0.1, 0.15) is 49.2 Å². The van der Waals surface area contributed by atoms with E-state index < -0.39 is 5.97 Å². The maximum atomic E-state index is 12.1. The van der Waals surface area contributed by atoms with Gasteiger partial charge in [-0.15, -0.1) is 0 Å². The van der Waals surface area contributed by atoms with E-state index in [1.165, 1.54) is 12.3 Å². The van der Waals surface area contributed by atoms with Crippen LogP contribution in [0.4, 0.5) is 0 Å². The van der Waals surface area contributed by atoms with Crippen LogP contribution in [0.25, 0.3) is 0 Å². The topological polar surface area (TPSA) is 70.8 Å². The smallest absolute Gasteiger partial charge is 0.339 e. The fourth-order valence-electron chi connectivity index (χ4n) is 2.72. The predicted octanol–water partition coefficient (Wildman–Crippen LogP) is 2.76. The number of amides is 1. The van der Waals surface area contributed by atoms with Gasteiger partial charge in [-0.2, -0.15) is 0 Å². The molecule has 0 saturated carbocycles. The Morgan fingerprint density at radius 3 is 2.90 bits per heavy atom. The maximum absolute atomic E-state index is 12.1. The molecule has 110 valence electrons. The summed E-state index contributed by atoms with van der Waals surface area (Å²) in [6.07, 6.45) is 3.77. The summed E-state index contributed by atoms with van der Waals surface area (Å²) in [7, 11) is 0. The van der Waals surface area contributed by atoms with Crippen LogP contribution < -0.4 is 0 Å². The van der Waals surface area contributed by atoms with Gasteiger partial charge < -0.3 is 14.4 Å². The minimum atomic E-state index is -1.02. The van der Waals surface area contributed by atoms with E-state index in [1.54, 1.807) is 4.90 Å². The summed E-state index contributed by atoms with van der Waals surface area (Å²) in [5, 5.41) is 9.06. The van der Waals surface area contributed by atoms with Gasteiger partial charge in [0.2, 0.25) is 5.91 Å². The highest BCUT2D eigenvalue weighted by Gasteiger charge is 2.26. The molecule has 2 heterocycles. The minimum Gasteiger partial charge on any atom is -0.478 e. The Kier molecular flexibility index (Phi) is 4.47. The molecule has 1 saturated heterocycles. The normalized spacial score (nSPS) is 20.2. The standard InChI is InChI=1S/C15H21NO4/c1-10(2)11-3-4-14(17)16(7-5-11)9-13-12(15(18)19)6-8-20-13/h6,8,10-11H,3-5,7,9H2,1-2H3,(H,18,19). The van der Waals surface area contributed by atoms with Gasteiger partial charge >= 0.3 is 5.97 Å². The highest BCUT2D eigenvalue weighted by molar-refractivity contribution is 5.88. The van der Waals surface area contributed by atoms with Gasteiger partial charge in [-0.3, -0.25) is 4.79 Å². The molecule has 1 unspecified atom stereocenters. The zero-order valence-electron chi connectivity index (χ0n) is 12.0. The van der Waals surface area contributed by atoms with Gasteiger partial charge in [0.25, 0.3) is 0 Å². The van der Waals surface area contributed by atoms with Crippen molar-refractivity contribution in [2.24, 2.45) is 11.8 Å². The Balaban J connectivity index is 2.06. The average Bonchev–Trinajstić information content (AvgIpc) is 2.76. The number of hydrogen-bond donors (Lipinski definition) is 1. The first-order chi connectivity index (χ1) is 9.49. The SMILES string of the molecule is CC(C)C1CCC(=O)N(Cc2occc2C(=O)O)CC1. The molecule has 20 heavy (non-hydrogen) atoms. The van der Waals surface area contributed by atoms with Crippen LogP contribution in [0.15, 0.2) is 16.7 Å². The maximum Gasteiger partial charge on any atom is 0.339 e. The van der Waals surface area contributed by atoms with E-state index in [9.17, 15) is 9.59 Å². The molecule has 5 heteroatoms. The highest BCUT2D eigenvalue weighted by atomic mass is 16.4. The Morgan fingerprint density at radius 1 is 1.50 bits per heavy atom. The summed E-state index contributed by atoms with van der Waals surface area (Å²) >= 11 is 0. The molecule has 1 atom stereocenters. The number of likely N-dealkylation sites (tertiary alicyclic amines) is 1. The summed E-state index contributed by atoms with van der Waals surface area (Å²) < 4.78 is 5.22. The van der Waals surface area contributed by atoms with Crippen molar-refractivity contribution in [3.8, 4) is 0 Å². The van der Waals surface area contributed by atoms with Crippen molar-refractivity contribution >= 4 is 11.9 Å². The van der Waals surface area contributed by atoms with E-state index in [2.05, 4.69) is 13.8 Å². The molecule has 1 fully saturated rings. The fourth-order valence-corrected chi connectivity index (χ4v) is 2.72. The van der Waals surface area contributed by atoms with Gasteiger partial charge in [0, 0.05) is 13.0 Å². The van der Waals surface area contributed by atoms with Crippen LogP contribution in [-0.4, -0.2) is 28.4 Å².